The third-order valence-corrected chi connectivity index (χ3v) is 6.53. The molecule has 5 rings (SSSR count). The SMILES string of the molecule is Cc1ncccc1-c1ccc2c(n1)-c1sc(C(N=CN)=Nc3ccc(F)cc3F)cc1CCO2. The van der Waals surface area contributed by atoms with E-state index < -0.39 is 11.6 Å². The summed E-state index contributed by atoms with van der Waals surface area (Å²) in [6.07, 6.45) is 3.51. The van der Waals surface area contributed by atoms with Gasteiger partial charge >= 0.3 is 0 Å². The molecule has 0 spiro atoms. The summed E-state index contributed by atoms with van der Waals surface area (Å²) in [6.45, 7) is 2.43. The number of nitrogens with zero attached hydrogens (tertiary/aromatic N) is 4. The van der Waals surface area contributed by atoms with Crippen molar-refractivity contribution < 1.29 is 13.5 Å². The molecule has 0 fully saturated rings. The first kappa shape index (κ1) is 21.8. The summed E-state index contributed by atoms with van der Waals surface area (Å²) in [5, 5.41) is 0. The second-order valence-corrected chi connectivity index (χ2v) is 8.60. The number of amidine groups is 1. The number of halogens is 2. The Hall–Kier alpha value is -3.98. The third kappa shape index (κ3) is 4.17. The van der Waals surface area contributed by atoms with Crippen LogP contribution in [0.3, 0.4) is 0 Å². The zero-order valence-electron chi connectivity index (χ0n) is 18.1. The van der Waals surface area contributed by atoms with E-state index in [0.717, 1.165) is 45.9 Å². The fourth-order valence-electron chi connectivity index (χ4n) is 3.73. The van der Waals surface area contributed by atoms with Crippen molar-refractivity contribution in [1.29, 1.82) is 0 Å². The molecule has 0 amide bonds. The number of rotatable bonds is 3. The largest absolute Gasteiger partial charge is 0.491 e. The predicted octanol–water partition coefficient (Wildman–Crippen LogP) is 5.46. The number of ether oxygens (including phenoxy) is 1. The van der Waals surface area contributed by atoms with Gasteiger partial charge in [0, 0.05) is 29.9 Å². The molecule has 0 bridgehead atoms. The molecule has 4 aromatic rings. The number of benzene rings is 1. The van der Waals surface area contributed by atoms with E-state index in [1.807, 2.05) is 37.3 Å². The van der Waals surface area contributed by atoms with E-state index in [1.165, 1.54) is 17.4 Å². The number of aryl methyl sites for hydroxylation is 1. The summed E-state index contributed by atoms with van der Waals surface area (Å²) in [6, 6.07) is 12.8. The molecule has 3 aromatic heterocycles. The van der Waals surface area contributed by atoms with Gasteiger partial charge in [-0.2, -0.15) is 0 Å². The molecule has 0 saturated carbocycles. The van der Waals surface area contributed by atoms with Crippen LogP contribution in [0.5, 0.6) is 5.75 Å². The molecule has 34 heavy (non-hydrogen) atoms. The van der Waals surface area contributed by atoms with Crippen molar-refractivity contribution in [1.82, 2.24) is 9.97 Å². The standard InChI is InChI=1S/C25H19F2N5OS/c1-14-17(3-2-9-29-14)19-6-7-21-23(31-19)24-15(8-10-33-21)11-22(34-24)25(30-13-28)32-20-5-4-16(26)12-18(20)27/h2-7,9,11-13H,8,10H2,1H3,(H2,28,30,32). The minimum Gasteiger partial charge on any atom is -0.491 e. The maximum Gasteiger partial charge on any atom is 0.171 e. The van der Waals surface area contributed by atoms with Crippen LogP contribution in [-0.2, 0) is 6.42 Å². The Bertz CT molecular complexity index is 1450. The maximum absolute atomic E-state index is 14.2. The number of nitrogens with two attached hydrogens (primary N) is 1. The second-order valence-electron chi connectivity index (χ2n) is 7.55. The molecule has 1 aromatic carbocycles. The molecule has 1 aliphatic rings. The Balaban J connectivity index is 1.62. The van der Waals surface area contributed by atoms with Gasteiger partial charge in [-0.05, 0) is 55.0 Å². The van der Waals surface area contributed by atoms with Crippen LogP contribution in [0.2, 0.25) is 0 Å². The van der Waals surface area contributed by atoms with Gasteiger partial charge in [-0.15, -0.1) is 11.3 Å². The number of aliphatic imine (C=N–C) groups is 2. The Morgan fingerprint density at radius 2 is 2.06 bits per heavy atom. The molecule has 4 heterocycles. The van der Waals surface area contributed by atoms with Gasteiger partial charge in [-0.1, -0.05) is 0 Å². The fraction of sp³-hybridized carbons (Fsp3) is 0.120. The molecule has 0 aliphatic carbocycles. The molecule has 0 radical (unpaired) electrons. The van der Waals surface area contributed by atoms with Crippen molar-refractivity contribution in [2.24, 2.45) is 15.7 Å². The van der Waals surface area contributed by atoms with Gasteiger partial charge in [-0.3, -0.25) is 4.98 Å². The zero-order chi connectivity index (χ0) is 23.7. The highest BCUT2D eigenvalue weighted by atomic mass is 32.1. The summed E-state index contributed by atoms with van der Waals surface area (Å²) in [4.78, 5) is 19.3. The summed E-state index contributed by atoms with van der Waals surface area (Å²) < 4.78 is 33.5. The molecule has 2 N–H and O–H groups in total. The van der Waals surface area contributed by atoms with E-state index in [0.29, 0.717) is 29.3 Å². The number of pyridine rings is 2. The van der Waals surface area contributed by atoms with Gasteiger partial charge in [-0.25, -0.2) is 23.7 Å². The molecule has 0 atom stereocenters. The van der Waals surface area contributed by atoms with Gasteiger partial charge in [0.15, 0.2) is 11.7 Å². The average Bonchev–Trinajstić information content (AvgIpc) is 3.17. The molecule has 1 aliphatic heterocycles. The van der Waals surface area contributed by atoms with Crippen LogP contribution in [0.15, 0.2) is 64.7 Å². The first-order valence-electron chi connectivity index (χ1n) is 10.5. The molecule has 0 unspecified atom stereocenters. The average molecular weight is 476 g/mol. The van der Waals surface area contributed by atoms with Crippen molar-refractivity contribution in [2.45, 2.75) is 13.3 Å². The normalized spacial score (nSPS) is 13.3. The lowest BCUT2D eigenvalue weighted by atomic mass is 10.1. The highest BCUT2D eigenvalue weighted by Gasteiger charge is 2.23. The molecule has 6 nitrogen and oxygen atoms in total. The van der Waals surface area contributed by atoms with Crippen LogP contribution < -0.4 is 10.5 Å². The van der Waals surface area contributed by atoms with Gasteiger partial charge in [0.25, 0.3) is 0 Å². The van der Waals surface area contributed by atoms with Gasteiger partial charge in [0.2, 0.25) is 0 Å². The fourth-order valence-corrected chi connectivity index (χ4v) is 4.88. The van der Waals surface area contributed by atoms with Crippen LogP contribution in [-0.4, -0.2) is 28.7 Å². The van der Waals surface area contributed by atoms with Gasteiger partial charge < -0.3 is 10.5 Å². The zero-order valence-corrected chi connectivity index (χ0v) is 18.9. The summed E-state index contributed by atoms with van der Waals surface area (Å²) >= 11 is 1.42. The molecule has 170 valence electrons. The van der Waals surface area contributed by atoms with Crippen LogP contribution in [0.25, 0.3) is 21.8 Å². The Morgan fingerprint density at radius 3 is 2.85 bits per heavy atom. The maximum atomic E-state index is 14.2. The number of hydrogen-bond acceptors (Lipinski definition) is 5. The first-order chi connectivity index (χ1) is 16.5. The lowest BCUT2D eigenvalue weighted by Gasteiger charge is -2.10. The van der Waals surface area contributed by atoms with E-state index in [2.05, 4.69) is 15.0 Å². The topological polar surface area (TPSA) is 85.8 Å². The lowest BCUT2D eigenvalue weighted by molar-refractivity contribution is 0.325. The number of hydrogen-bond donors (Lipinski definition) is 1. The van der Waals surface area contributed by atoms with E-state index in [9.17, 15) is 8.78 Å². The van der Waals surface area contributed by atoms with Crippen molar-refractivity contribution >= 4 is 29.2 Å². The Labute approximate surface area is 198 Å². The van der Waals surface area contributed by atoms with E-state index in [-0.39, 0.29) is 11.5 Å². The quantitative estimate of drug-likeness (QED) is 0.315. The van der Waals surface area contributed by atoms with Crippen LogP contribution in [0.1, 0.15) is 16.1 Å². The minimum atomic E-state index is -0.778. The lowest BCUT2D eigenvalue weighted by Crippen LogP contribution is -2.01. The van der Waals surface area contributed by atoms with Crippen LogP contribution >= 0.6 is 11.3 Å². The smallest absolute Gasteiger partial charge is 0.171 e. The predicted molar refractivity (Wildman–Crippen MR) is 130 cm³/mol. The van der Waals surface area contributed by atoms with E-state index >= 15 is 0 Å². The summed E-state index contributed by atoms with van der Waals surface area (Å²) in [5.41, 5.74) is 9.86. The van der Waals surface area contributed by atoms with E-state index in [4.69, 9.17) is 15.5 Å². The van der Waals surface area contributed by atoms with Crippen molar-refractivity contribution in [3.05, 3.63) is 82.5 Å². The summed E-state index contributed by atoms with van der Waals surface area (Å²) in [7, 11) is 0. The summed E-state index contributed by atoms with van der Waals surface area (Å²) in [5.74, 6) is -0.541. The number of thiophene rings is 1. The monoisotopic (exact) mass is 475 g/mol. The highest BCUT2D eigenvalue weighted by Crippen LogP contribution is 2.41. The van der Waals surface area contributed by atoms with Gasteiger partial charge in [0.05, 0.1) is 28.4 Å². The Kier molecular flexibility index (Phi) is 5.85. The van der Waals surface area contributed by atoms with Crippen molar-refractivity contribution in [3.8, 4) is 27.6 Å². The second kappa shape index (κ2) is 9.11. The highest BCUT2D eigenvalue weighted by molar-refractivity contribution is 7.17. The molecular formula is C25H19F2N5OS. The van der Waals surface area contributed by atoms with Gasteiger partial charge in [0.1, 0.15) is 22.9 Å². The van der Waals surface area contributed by atoms with Crippen LogP contribution in [0.4, 0.5) is 14.5 Å². The molecule has 9 heteroatoms. The third-order valence-electron chi connectivity index (χ3n) is 5.35. The van der Waals surface area contributed by atoms with Crippen molar-refractivity contribution in [2.75, 3.05) is 6.61 Å². The van der Waals surface area contributed by atoms with Crippen LogP contribution in [0, 0.1) is 18.6 Å². The minimum absolute atomic E-state index is 0.0261. The molecular weight excluding hydrogens is 456 g/mol. The first-order valence-corrected chi connectivity index (χ1v) is 11.3. The molecule has 0 saturated heterocycles. The number of fused-ring (bicyclic) bond motifs is 3. The van der Waals surface area contributed by atoms with Crippen molar-refractivity contribution in [3.63, 3.8) is 0 Å². The Morgan fingerprint density at radius 1 is 1.18 bits per heavy atom. The number of aromatic nitrogens is 2. The van der Waals surface area contributed by atoms with E-state index in [1.54, 1.807) is 6.20 Å².